The second-order valence-corrected chi connectivity index (χ2v) is 4.08. The van der Waals surface area contributed by atoms with E-state index in [0.29, 0.717) is 26.2 Å². The molecule has 19 heavy (non-hydrogen) atoms. The Morgan fingerprint density at radius 2 is 1.00 bits per heavy atom. The summed E-state index contributed by atoms with van der Waals surface area (Å²) in [6.07, 6.45) is 0. The molecule has 2 heterocycles. The van der Waals surface area contributed by atoms with Crippen LogP contribution in [0.4, 0.5) is 9.59 Å². The van der Waals surface area contributed by atoms with E-state index in [9.17, 15) is 9.59 Å². The minimum absolute atomic E-state index is 0. The number of hydrogen-bond donors (Lipinski definition) is 2. The van der Waals surface area contributed by atoms with Gasteiger partial charge < -0.3 is 31.9 Å². The molecule has 2 aliphatic rings. The number of carbonyl (C=O) groups is 2. The van der Waals surface area contributed by atoms with Crippen molar-refractivity contribution in [2.75, 3.05) is 52.4 Å². The molecule has 0 unspecified atom stereocenters. The predicted molar refractivity (Wildman–Crippen MR) is 68.3 cm³/mol. The van der Waals surface area contributed by atoms with Crippen LogP contribution in [0.2, 0.25) is 0 Å². The summed E-state index contributed by atoms with van der Waals surface area (Å²) in [5.41, 5.74) is 13.5. The van der Waals surface area contributed by atoms with Crippen molar-refractivity contribution in [1.29, 1.82) is 0 Å². The van der Waals surface area contributed by atoms with Crippen molar-refractivity contribution in [3.63, 3.8) is 0 Å². The van der Waals surface area contributed by atoms with Crippen molar-refractivity contribution >= 4 is 12.1 Å². The third kappa shape index (κ3) is 7.29. The van der Waals surface area contributed by atoms with Crippen LogP contribution >= 0.6 is 0 Å². The van der Waals surface area contributed by atoms with Gasteiger partial charge in [0.2, 0.25) is 0 Å². The van der Waals surface area contributed by atoms with Gasteiger partial charge in [-0.15, -0.1) is 0 Å². The Morgan fingerprint density at radius 1 is 0.737 bits per heavy atom. The van der Waals surface area contributed by atoms with Gasteiger partial charge >= 0.3 is 19.5 Å². The van der Waals surface area contributed by atoms with Gasteiger partial charge in [-0.25, -0.2) is 0 Å². The molecule has 0 saturated carbocycles. The van der Waals surface area contributed by atoms with E-state index in [-0.39, 0.29) is 19.5 Å². The summed E-state index contributed by atoms with van der Waals surface area (Å²) in [7, 11) is 0. The summed E-state index contributed by atoms with van der Waals surface area (Å²) in [4.78, 5) is 23.8. The summed E-state index contributed by atoms with van der Waals surface area (Å²) >= 11 is 0. The molecule has 9 heteroatoms. The molecular weight excluding hydrogens is 302 g/mol. The molecule has 104 valence electrons. The minimum Gasteiger partial charge on any atom is -0.447 e. The topological polar surface area (TPSA) is 112 Å². The molecule has 0 aromatic carbocycles. The standard InChI is InChI=1S/2C5H11N3O.Zn/c2*6-5(9)8-3-1-7-2-4-8;/h2*7H,1-4H2,(H2,6,9);/q;;+2/p-2. The number of nitrogens with one attached hydrogen (secondary N) is 4. The second kappa shape index (κ2) is 9.94. The van der Waals surface area contributed by atoms with Crippen LogP contribution in [0.3, 0.4) is 0 Å². The van der Waals surface area contributed by atoms with E-state index in [0.717, 1.165) is 26.2 Å². The smallest absolute Gasteiger partial charge is 0.447 e. The van der Waals surface area contributed by atoms with Crippen LogP contribution in [0.1, 0.15) is 0 Å². The van der Waals surface area contributed by atoms with Crippen LogP contribution in [-0.4, -0.2) is 74.2 Å². The molecule has 2 saturated heterocycles. The molecule has 0 aromatic rings. The van der Waals surface area contributed by atoms with Crippen LogP contribution < -0.4 is 10.6 Å². The van der Waals surface area contributed by atoms with Crippen LogP contribution in [0.25, 0.3) is 11.5 Å². The summed E-state index contributed by atoms with van der Waals surface area (Å²) in [5, 5.41) is 6.18. The molecular formula is C10H20N6O2Zn. The monoisotopic (exact) mass is 320 g/mol. The van der Waals surface area contributed by atoms with Gasteiger partial charge in [-0.1, -0.05) is 0 Å². The van der Waals surface area contributed by atoms with Gasteiger partial charge in [0.1, 0.15) is 0 Å². The van der Waals surface area contributed by atoms with E-state index in [1.165, 1.54) is 9.80 Å². The Labute approximate surface area is 126 Å². The molecule has 0 aliphatic carbocycles. The third-order valence-electron chi connectivity index (χ3n) is 2.81. The fourth-order valence-electron chi connectivity index (χ4n) is 1.74. The minimum atomic E-state index is -0.559. The molecule has 0 bridgehead atoms. The van der Waals surface area contributed by atoms with Crippen molar-refractivity contribution in [3.05, 3.63) is 11.5 Å². The molecule has 4 N–H and O–H groups in total. The van der Waals surface area contributed by atoms with Crippen LogP contribution in [0, 0.1) is 0 Å². The molecule has 0 radical (unpaired) electrons. The number of amides is 4. The average Bonchev–Trinajstić information content (AvgIpc) is 2.41. The van der Waals surface area contributed by atoms with E-state index in [1.54, 1.807) is 0 Å². The van der Waals surface area contributed by atoms with Gasteiger partial charge in [0.05, 0.1) is 0 Å². The van der Waals surface area contributed by atoms with E-state index < -0.39 is 12.1 Å². The van der Waals surface area contributed by atoms with Crippen molar-refractivity contribution in [2.24, 2.45) is 0 Å². The van der Waals surface area contributed by atoms with Crippen molar-refractivity contribution in [1.82, 2.24) is 20.4 Å². The van der Waals surface area contributed by atoms with Gasteiger partial charge in [0.25, 0.3) is 0 Å². The van der Waals surface area contributed by atoms with E-state index >= 15 is 0 Å². The summed E-state index contributed by atoms with van der Waals surface area (Å²) < 4.78 is 0. The van der Waals surface area contributed by atoms with Crippen molar-refractivity contribution < 1.29 is 29.1 Å². The van der Waals surface area contributed by atoms with E-state index in [2.05, 4.69) is 10.6 Å². The normalized spacial score (nSPS) is 18.7. The molecule has 0 atom stereocenters. The Balaban J connectivity index is 0.000000324. The van der Waals surface area contributed by atoms with Gasteiger partial charge in [-0.05, 0) is 52.4 Å². The SMILES string of the molecule is [NH-]C(=O)N1CCNCC1.[NH-]C(=O)N1CCNCC1.[Zn+2]. The van der Waals surface area contributed by atoms with E-state index in [4.69, 9.17) is 11.5 Å². The average molecular weight is 322 g/mol. The summed E-state index contributed by atoms with van der Waals surface area (Å²) in [6, 6.07) is -1.12. The van der Waals surface area contributed by atoms with Gasteiger partial charge in [-0.2, -0.15) is 0 Å². The Bertz CT molecular complexity index is 251. The Kier molecular flexibility index (Phi) is 9.46. The molecule has 0 aromatic heterocycles. The number of urea groups is 2. The first kappa shape index (κ1) is 18.1. The van der Waals surface area contributed by atoms with Gasteiger partial charge in [0.15, 0.2) is 12.1 Å². The first-order chi connectivity index (χ1) is 8.61. The molecule has 0 spiro atoms. The van der Waals surface area contributed by atoms with Crippen LogP contribution in [0.5, 0.6) is 0 Å². The maximum atomic E-state index is 10.4. The van der Waals surface area contributed by atoms with Crippen molar-refractivity contribution in [2.45, 2.75) is 0 Å². The fraction of sp³-hybridized carbons (Fsp3) is 0.800. The number of carbonyl (C=O) groups excluding carboxylic acids is 2. The zero-order valence-corrected chi connectivity index (χ0v) is 14.0. The quantitative estimate of drug-likeness (QED) is 0.617. The first-order valence-corrected chi connectivity index (χ1v) is 6.03. The fourth-order valence-corrected chi connectivity index (χ4v) is 1.74. The first-order valence-electron chi connectivity index (χ1n) is 6.03. The van der Waals surface area contributed by atoms with Crippen molar-refractivity contribution in [3.8, 4) is 0 Å². The molecule has 4 amide bonds. The Hall–Kier alpha value is -0.917. The number of piperazine rings is 2. The maximum Gasteiger partial charge on any atom is 2.00 e. The molecule has 2 aliphatic heterocycles. The zero-order chi connectivity index (χ0) is 13.4. The third-order valence-corrected chi connectivity index (χ3v) is 2.81. The van der Waals surface area contributed by atoms with E-state index in [1.807, 2.05) is 0 Å². The zero-order valence-electron chi connectivity index (χ0n) is 11.1. The predicted octanol–water partition coefficient (Wildman–Crippen LogP) is 0.125. The number of nitrogens with zero attached hydrogens (tertiary/aromatic N) is 2. The van der Waals surface area contributed by atoms with Crippen LogP contribution in [0.15, 0.2) is 0 Å². The van der Waals surface area contributed by atoms with Crippen LogP contribution in [-0.2, 0) is 19.5 Å². The summed E-state index contributed by atoms with van der Waals surface area (Å²) in [5.74, 6) is 0. The van der Waals surface area contributed by atoms with Gasteiger partial charge in [-0.3, -0.25) is 9.59 Å². The maximum absolute atomic E-state index is 10.4. The molecule has 8 nitrogen and oxygen atoms in total. The van der Waals surface area contributed by atoms with Gasteiger partial charge in [0, 0.05) is 0 Å². The Morgan fingerprint density at radius 3 is 1.16 bits per heavy atom. The number of rotatable bonds is 0. The summed E-state index contributed by atoms with van der Waals surface area (Å²) in [6.45, 7) is 6.03. The number of hydrogen-bond acceptors (Lipinski definition) is 4. The molecule has 2 rings (SSSR count). The molecule has 2 fully saturated rings. The largest absolute Gasteiger partial charge is 2.00 e. The second-order valence-electron chi connectivity index (χ2n) is 4.08.